The van der Waals surface area contributed by atoms with Crippen molar-refractivity contribution < 1.29 is 28.9 Å². The molecule has 7 nitrogen and oxygen atoms in total. The van der Waals surface area contributed by atoms with E-state index in [1.807, 2.05) is 29.2 Å². The number of amides is 1. The van der Waals surface area contributed by atoms with Crippen LogP contribution in [0.3, 0.4) is 0 Å². The predicted molar refractivity (Wildman–Crippen MR) is 140 cm³/mol. The summed E-state index contributed by atoms with van der Waals surface area (Å²) in [4.78, 5) is 27.0. The van der Waals surface area contributed by atoms with E-state index in [2.05, 4.69) is 12.2 Å². The van der Waals surface area contributed by atoms with Crippen molar-refractivity contribution in [3.05, 3.63) is 65.5 Å². The molecule has 0 bridgehead atoms. The van der Waals surface area contributed by atoms with Crippen molar-refractivity contribution in [2.24, 2.45) is 0 Å². The van der Waals surface area contributed by atoms with Gasteiger partial charge in [0.05, 0.1) is 18.8 Å². The van der Waals surface area contributed by atoms with Crippen LogP contribution in [0.4, 0.5) is 4.39 Å². The number of ether oxygens (including phenoxy) is 1. The number of hydrogen-bond donors (Lipinski definition) is 3. The van der Waals surface area contributed by atoms with E-state index in [0.29, 0.717) is 56.6 Å². The number of rotatable bonds is 15. The minimum absolute atomic E-state index is 0.0802. The van der Waals surface area contributed by atoms with Crippen LogP contribution in [0.2, 0.25) is 0 Å². The molecular formula is C29H39FN2O5. The van der Waals surface area contributed by atoms with E-state index in [0.717, 1.165) is 18.6 Å². The highest BCUT2D eigenvalue weighted by molar-refractivity contribution is 5.95. The van der Waals surface area contributed by atoms with Gasteiger partial charge in [0.1, 0.15) is 17.7 Å². The second kappa shape index (κ2) is 14.8. The summed E-state index contributed by atoms with van der Waals surface area (Å²) >= 11 is 0. The van der Waals surface area contributed by atoms with E-state index >= 15 is 0 Å². The van der Waals surface area contributed by atoms with Crippen molar-refractivity contribution in [1.82, 2.24) is 10.2 Å². The summed E-state index contributed by atoms with van der Waals surface area (Å²) in [5.74, 6) is 0.0773. The van der Waals surface area contributed by atoms with E-state index in [1.54, 1.807) is 0 Å². The second-order valence-electron chi connectivity index (χ2n) is 9.73. The zero-order valence-electron chi connectivity index (χ0n) is 21.6. The highest BCUT2D eigenvalue weighted by atomic mass is 19.1. The number of nitrogens with zero attached hydrogens (tertiary/aromatic N) is 1. The summed E-state index contributed by atoms with van der Waals surface area (Å²) in [5.41, 5.74) is 1.14. The molecule has 2 aromatic carbocycles. The molecule has 1 heterocycles. The maximum atomic E-state index is 13.0. The molecule has 0 saturated carbocycles. The minimum atomic E-state index is -0.925. The predicted octanol–water partition coefficient (Wildman–Crippen LogP) is 4.03. The fourth-order valence-corrected chi connectivity index (χ4v) is 4.44. The SMILES string of the molecule is CCCCOc1ccc([C@@H](O)[C@@H](CN2CC[C@H](O)C2)NC(=O)CCCCC(=O)c2ccc(F)cc2)cc1. The van der Waals surface area contributed by atoms with E-state index in [1.165, 1.54) is 24.3 Å². The number of Topliss-reactive ketones (excluding diaryl/α,β-unsaturated/α-hetero) is 1. The lowest BCUT2D eigenvalue weighted by molar-refractivity contribution is -0.123. The number of aliphatic hydroxyl groups is 2. The molecule has 0 spiro atoms. The molecule has 1 aliphatic heterocycles. The fourth-order valence-electron chi connectivity index (χ4n) is 4.44. The molecule has 0 aliphatic carbocycles. The van der Waals surface area contributed by atoms with E-state index in [-0.39, 0.29) is 30.3 Å². The highest BCUT2D eigenvalue weighted by Gasteiger charge is 2.29. The molecule has 1 aliphatic rings. The van der Waals surface area contributed by atoms with Crippen LogP contribution in [0.1, 0.15) is 73.9 Å². The maximum Gasteiger partial charge on any atom is 0.220 e. The Hall–Kier alpha value is -2.81. The Morgan fingerprint density at radius 2 is 1.78 bits per heavy atom. The molecule has 3 atom stereocenters. The first-order chi connectivity index (χ1) is 17.9. The van der Waals surface area contributed by atoms with Gasteiger partial charge in [0, 0.05) is 38.0 Å². The lowest BCUT2D eigenvalue weighted by Crippen LogP contribution is -2.47. The Morgan fingerprint density at radius 1 is 1.08 bits per heavy atom. The van der Waals surface area contributed by atoms with Crippen LogP contribution in [0.25, 0.3) is 0 Å². The second-order valence-corrected chi connectivity index (χ2v) is 9.73. The molecule has 1 fully saturated rings. The Kier molecular flexibility index (Phi) is 11.5. The Labute approximate surface area is 218 Å². The van der Waals surface area contributed by atoms with Crippen molar-refractivity contribution in [2.75, 3.05) is 26.2 Å². The molecule has 2 aromatic rings. The van der Waals surface area contributed by atoms with Crippen LogP contribution in [0, 0.1) is 5.82 Å². The van der Waals surface area contributed by atoms with Crippen LogP contribution in [0.15, 0.2) is 48.5 Å². The standard InChI is InChI=1S/C29H39FN2O5/c1-2-3-18-37-25-14-10-22(11-15-25)29(36)26(20-32-17-16-24(33)19-32)31-28(35)7-5-4-6-27(34)21-8-12-23(30)13-9-21/h8-15,24,26,29,33,36H,2-7,16-20H2,1H3,(H,31,35)/t24-,26+,29+/m0/s1. The van der Waals surface area contributed by atoms with Crippen LogP contribution < -0.4 is 10.1 Å². The van der Waals surface area contributed by atoms with Gasteiger partial charge in [0.25, 0.3) is 0 Å². The summed E-state index contributed by atoms with van der Waals surface area (Å²) in [7, 11) is 0. The monoisotopic (exact) mass is 514 g/mol. The topological polar surface area (TPSA) is 99.1 Å². The third-order valence-electron chi connectivity index (χ3n) is 6.64. The van der Waals surface area contributed by atoms with Crippen LogP contribution in [0.5, 0.6) is 5.75 Å². The summed E-state index contributed by atoms with van der Waals surface area (Å²) < 4.78 is 18.7. The molecule has 3 rings (SSSR count). The molecule has 0 radical (unpaired) electrons. The van der Waals surface area contributed by atoms with Crippen molar-refractivity contribution in [2.45, 2.75) is 70.1 Å². The number of aliphatic hydroxyl groups excluding tert-OH is 2. The number of carbonyl (C=O) groups excluding carboxylic acids is 2. The van der Waals surface area contributed by atoms with E-state index < -0.39 is 18.2 Å². The van der Waals surface area contributed by atoms with Crippen LogP contribution >= 0.6 is 0 Å². The number of hydrogen-bond acceptors (Lipinski definition) is 6. The van der Waals surface area contributed by atoms with Crippen molar-refractivity contribution in [3.8, 4) is 5.75 Å². The number of halogens is 1. The molecule has 1 amide bonds. The number of ketones is 1. The van der Waals surface area contributed by atoms with Crippen LogP contribution in [-0.2, 0) is 4.79 Å². The van der Waals surface area contributed by atoms with Gasteiger partial charge in [-0.2, -0.15) is 0 Å². The number of nitrogens with one attached hydrogen (secondary N) is 1. The third kappa shape index (κ3) is 9.54. The molecular weight excluding hydrogens is 475 g/mol. The van der Waals surface area contributed by atoms with Crippen molar-refractivity contribution in [1.29, 1.82) is 0 Å². The van der Waals surface area contributed by atoms with Crippen molar-refractivity contribution in [3.63, 3.8) is 0 Å². The zero-order valence-corrected chi connectivity index (χ0v) is 21.6. The van der Waals surface area contributed by atoms with E-state index in [4.69, 9.17) is 4.74 Å². The normalized spacial score (nSPS) is 17.4. The van der Waals surface area contributed by atoms with Gasteiger partial charge in [-0.05, 0) is 67.6 Å². The molecule has 0 unspecified atom stereocenters. The van der Waals surface area contributed by atoms with Gasteiger partial charge in [-0.15, -0.1) is 0 Å². The Bertz CT molecular complexity index is 983. The average Bonchev–Trinajstić information content (AvgIpc) is 3.31. The van der Waals surface area contributed by atoms with Gasteiger partial charge in [0.15, 0.2) is 5.78 Å². The molecule has 1 saturated heterocycles. The summed E-state index contributed by atoms with van der Waals surface area (Å²) in [6.07, 6.45) is 2.94. The number of benzene rings is 2. The third-order valence-corrected chi connectivity index (χ3v) is 6.64. The Morgan fingerprint density at radius 3 is 2.43 bits per heavy atom. The molecule has 37 heavy (non-hydrogen) atoms. The number of β-amino-alcohol motifs (C(OH)–C–C–N with tert-alkyl or cyclic N) is 1. The lowest BCUT2D eigenvalue weighted by atomic mass is 10.0. The van der Waals surface area contributed by atoms with Gasteiger partial charge in [-0.25, -0.2) is 4.39 Å². The van der Waals surface area contributed by atoms with E-state index in [9.17, 15) is 24.2 Å². The van der Waals surface area contributed by atoms with Gasteiger partial charge in [0.2, 0.25) is 5.91 Å². The molecule has 202 valence electrons. The van der Waals surface area contributed by atoms with Gasteiger partial charge < -0.3 is 20.3 Å². The first-order valence-electron chi connectivity index (χ1n) is 13.2. The van der Waals surface area contributed by atoms with Gasteiger partial charge in [-0.1, -0.05) is 25.5 Å². The molecule has 0 aromatic heterocycles. The quantitative estimate of drug-likeness (QED) is 0.245. The van der Waals surface area contributed by atoms with Gasteiger partial charge in [-0.3, -0.25) is 14.5 Å². The molecule has 3 N–H and O–H groups in total. The highest BCUT2D eigenvalue weighted by Crippen LogP contribution is 2.23. The first-order valence-corrected chi connectivity index (χ1v) is 13.2. The maximum absolute atomic E-state index is 13.0. The van der Waals surface area contributed by atoms with Crippen molar-refractivity contribution >= 4 is 11.7 Å². The minimum Gasteiger partial charge on any atom is -0.494 e. The summed E-state index contributed by atoms with van der Waals surface area (Å²) in [5, 5.41) is 24.0. The number of likely N-dealkylation sites (tertiary alicyclic amines) is 1. The lowest BCUT2D eigenvalue weighted by Gasteiger charge is -2.29. The van der Waals surface area contributed by atoms with Gasteiger partial charge >= 0.3 is 0 Å². The summed E-state index contributed by atoms with van der Waals surface area (Å²) in [6.45, 7) is 4.38. The summed E-state index contributed by atoms with van der Waals surface area (Å²) in [6, 6.07) is 12.2. The largest absolute Gasteiger partial charge is 0.494 e. The zero-order chi connectivity index (χ0) is 26.6. The number of carbonyl (C=O) groups is 2. The molecule has 8 heteroatoms. The Balaban J connectivity index is 1.52. The van der Waals surface area contributed by atoms with Crippen LogP contribution in [-0.4, -0.2) is 65.2 Å². The number of unbranched alkanes of at least 4 members (excludes halogenated alkanes) is 2. The fraction of sp³-hybridized carbons (Fsp3) is 0.517. The smallest absolute Gasteiger partial charge is 0.220 e. The first kappa shape index (κ1) is 28.8. The average molecular weight is 515 g/mol.